The predicted octanol–water partition coefficient (Wildman–Crippen LogP) is 0.768. The standard InChI is InChI=1S/C11H20N2O2/c1-7(2)13-6-8(14)12-9(10(13)15)11(3,4)5/h7,9H,6H2,1-5H3,(H,12,14). The molecule has 4 nitrogen and oxygen atoms in total. The third kappa shape index (κ3) is 2.49. The molecule has 0 aromatic carbocycles. The van der Waals surface area contributed by atoms with Crippen LogP contribution in [-0.4, -0.2) is 35.3 Å². The fraction of sp³-hybridized carbons (Fsp3) is 0.818. The molecule has 15 heavy (non-hydrogen) atoms. The highest BCUT2D eigenvalue weighted by Gasteiger charge is 2.40. The highest BCUT2D eigenvalue weighted by Crippen LogP contribution is 2.23. The molecule has 1 saturated heterocycles. The normalized spacial score (nSPS) is 23.3. The molecule has 0 aromatic heterocycles. The summed E-state index contributed by atoms with van der Waals surface area (Å²) in [6, 6.07) is -0.324. The summed E-state index contributed by atoms with van der Waals surface area (Å²) < 4.78 is 0. The van der Waals surface area contributed by atoms with Crippen LogP contribution in [0.25, 0.3) is 0 Å². The number of carbonyl (C=O) groups excluding carboxylic acids is 2. The highest BCUT2D eigenvalue weighted by molar-refractivity contribution is 5.95. The van der Waals surface area contributed by atoms with E-state index >= 15 is 0 Å². The summed E-state index contributed by atoms with van der Waals surface area (Å²) in [5, 5.41) is 2.76. The second-order valence-electron chi connectivity index (χ2n) is 5.43. The molecule has 0 aliphatic carbocycles. The van der Waals surface area contributed by atoms with Crippen LogP contribution in [0, 0.1) is 5.41 Å². The Hall–Kier alpha value is -1.06. The largest absolute Gasteiger partial charge is 0.342 e. The molecule has 1 heterocycles. The zero-order valence-electron chi connectivity index (χ0n) is 10.1. The summed E-state index contributed by atoms with van der Waals surface area (Å²) in [6.07, 6.45) is 0. The third-order valence-corrected chi connectivity index (χ3v) is 2.64. The Bertz CT molecular complexity index is 279. The number of hydrogen-bond donors (Lipinski definition) is 1. The molecule has 0 bridgehead atoms. The van der Waals surface area contributed by atoms with Crippen LogP contribution in [0.2, 0.25) is 0 Å². The van der Waals surface area contributed by atoms with Gasteiger partial charge in [-0.25, -0.2) is 0 Å². The van der Waals surface area contributed by atoms with E-state index in [1.165, 1.54) is 0 Å². The maximum atomic E-state index is 12.1. The molecule has 0 radical (unpaired) electrons. The quantitative estimate of drug-likeness (QED) is 0.698. The molecule has 2 amide bonds. The number of piperazine rings is 1. The van der Waals surface area contributed by atoms with Crippen LogP contribution in [0.1, 0.15) is 34.6 Å². The molecule has 1 atom stereocenters. The van der Waals surface area contributed by atoms with Crippen molar-refractivity contribution in [3.8, 4) is 0 Å². The maximum Gasteiger partial charge on any atom is 0.246 e. The van der Waals surface area contributed by atoms with Crippen LogP contribution in [0.5, 0.6) is 0 Å². The minimum atomic E-state index is -0.402. The number of carbonyl (C=O) groups is 2. The minimum absolute atomic E-state index is 0.0251. The smallest absolute Gasteiger partial charge is 0.246 e. The second-order valence-corrected chi connectivity index (χ2v) is 5.43. The first-order valence-electron chi connectivity index (χ1n) is 5.33. The topological polar surface area (TPSA) is 49.4 Å². The molecule has 86 valence electrons. The molecule has 1 fully saturated rings. The first-order chi connectivity index (χ1) is 6.73. The molecule has 1 aliphatic heterocycles. The van der Waals surface area contributed by atoms with Gasteiger partial charge in [0.15, 0.2) is 0 Å². The van der Waals surface area contributed by atoms with E-state index in [2.05, 4.69) is 5.32 Å². The molecule has 1 N–H and O–H groups in total. The predicted molar refractivity (Wildman–Crippen MR) is 58.2 cm³/mol. The summed E-state index contributed by atoms with van der Waals surface area (Å²) in [6.45, 7) is 9.91. The fourth-order valence-electron chi connectivity index (χ4n) is 1.69. The lowest BCUT2D eigenvalue weighted by atomic mass is 9.84. The van der Waals surface area contributed by atoms with Crippen molar-refractivity contribution in [2.75, 3.05) is 6.54 Å². The molecule has 1 unspecified atom stereocenters. The Labute approximate surface area is 91.0 Å². The SMILES string of the molecule is CC(C)N1CC(=O)NC(C(C)(C)C)C1=O. The summed E-state index contributed by atoms with van der Waals surface area (Å²) in [5.74, 6) is -0.0414. The van der Waals surface area contributed by atoms with E-state index in [4.69, 9.17) is 0 Å². The van der Waals surface area contributed by atoms with Crippen molar-refractivity contribution in [3.05, 3.63) is 0 Å². The number of hydrogen-bond acceptors (Lipinski definition) is 2. The average Bonchev–Trinajstić information content (AvgIpc) is 2.06. The zero-order chi connectivity index (χ0) is 11.8. The number of nitrogens with zero attached hydrogens (tertiary/aromatic N) is 1. The molecule has 1 rings (SSSR count). The van der Waals surface area contributed by atoms with E-state index < -0.39 is 6.04 Å². The van der Waals surface area contributed by atoms with Crippen LogP contribution in [-0.2, 0) is 9.59 Å². The van der Waals surface area contributed by atoms with Gasteiger partial charge in [-0.05, 0) is 19.3 Å². The van der Waals surface area contributed by atoms with E-state index in [0.717, 1.165) is 0 Å². The van der Waals surface area contributed by atoms with Gasteiger partial charge in [-0.2, -0.15) is 0 Å². The Morgan fingerprint density at radius 1 is 1.33 bits per heavy atom. The lowest BCUT2D eigenvalue weighted by molar-refractivity contribution is -0.149. The van der Waals surface area contributed by atoms with Gasteiger partial charge < -0.3 is 10.2 Å². The summed E-state index contributed by atoms with van der Waals surface area (Å²) in [4.78, 5) is 25.2. The average molecular weight is 212 g/mol. The highest BCUT2D eigenvalue weighted by atomic mass is 16.2. The van der Waals surface area contributed by atoms with Gasteiger partial charge in [-0.1, -0.05) is 20.8 Å². The fourth-order valence-corrected chi connectivity index (χ4v) is 1.69. The summed E-state index contributed by atoms with van der Waals surface area (Å²) in [5.41, 5.74) is -0.236. The van der Waals surface area contributed by atoms with Crippen molar-refractivity contribution >= 4 is 11.8 Å². The van der Waals surface area contributed by atoms with E-state index in [1.54, 1.807) is 4.90 Å². The van der Waals surface area contributed by atoms with Crippen LogP contribution >= 0.6 is 0 Å². The Kier molecular flexibility index (Phi) is 3.07. The zero-order valence-corrected chi connectivity index (χ0v) is 10.1. The van der Waals surface area contributed by atoms with Crippen LogP contribution in [0.3, 0.4) is 0 Å². The van der Waals surface area contributed by atoms with Gasteiger partial charge >= 0.3 is 0 Å². The first kappa shape index (κ1) is 12.0. The van der Waals surface area contributed by atoms with Gasteiger partial charge in [-0.15, -0.1) is 0 Å². The van der Waals surface area contributed by atoms with E-state index in [9.17, 15) is 9.59 Å². The monoisotopic (exact) mass is 212 g/mol. The van der Waals surface area contributed by atoms with Crippen molar-refractivity contribution in [1.29, 1.82) is 0 Å². The molecule has 1 aliphatic rings. The second kappa shape index (κ2) is 3.83. The van der Waals surface area contributed by atoms with Crippen LogP contribution in [0.4, 0.5) is 0 Å². The number of rotatable bonds is 1. The van der Waals surface area contributed by atoms with Crippen LogP contribution in [0.15, 0.2) is 0 Å². The van der Waals surface area contributed by atoms with Crippen molar-refractivity contribution in [2.24, 2.45) is 5.41 Å². The molecule has 0 aromatic rings. The van der Waals surface area contributed by atoms with Gasteiger partial charge in [0, 0.05) is 6.04 Å². The first-order valence-corrected chi connectivity index (χ1v) is 5.33. The van der Waals surface area contributed by atoms with E-state index in [-0.39, 0.29) is 29.8 Å². The number of amides is 2. The lowest BCUT2D eigenvalue weighted by Crippen LogP contribution is -2.63. The van der Waals surface area contributed by atoms with Crippen molar-refractivity contribution in [2.45, 2.75) is 46.7 Å². The molecule has 0 saturated carbocycles. The van der Waals surface area contributed by atoms with Crippen LogP contribution < -0.4 is 5.32 Å². The summed E-state index contributed by atoms with van der Waals surface area (Å²) >= 11 is 0. The molecule has 0 spiro atoms. The Morgan fingerprint density at radius 3 is 2.27 bits per heavy atom. The minimum Gasteiger partial charge on any atom is -0.342 e. The van der Waals surface area contributed by atoms with E-state index in [1.807, 2.05) is 34.6 Å². The van der Waals surface area contributed by atoms with Crippen molar-refractivity contribution in [1.82, 2.24) is 10.2 Å². The Morgan fingerprint density at radius 2 is 1.87 bits per heavy atom. The van der Waals surface area contributed by atoms with Crippen molar-refractivity contribution < 1.29 is 9.59 Å². The van der Waals surface area contributed by atoms with Gasteiger partial charge in [0.2, 0.25) is 11.8 Å². The maximum absolute atomic E-state index is 12.1. The van der Waals surface area contributed by atoms with Gasteiger partial charge in [0.25, 0.3) is 0 Å². The molecular formula is C11H20N2O2. The molecule has 4 heteroatoms. The third-order valence-electron chi connectivity index (χ3n) is 2.64. The lowest BCUT2D eigenvalue weighted by Gasteiger charge is -2.40. The van der Waals surface area contributed by atoms with Crippen molar-refractivity contribution in [3.63, 3.8) is 0 Å². The Balaban J connectivity index is 2.91. The van der Waals surface area contributed by atoms with Gasteiger partial charge in [-0.3, -0.25) is 9.59 Å². The number of nitrogens with one attached hydrogen (secondary N) is 1. The summed E-state index contributed by atoms with van der Waals surface area (Å²) in [7, 11) is 0. The van der Waals surface area contributed by atoms with Gasteiger partial charge in [0.1, 0.15) is 6.04 Å². The molecular weight excluding hydrogens is 192 g/mol. The van der Waals surface area contributed by atoms with Gasteiger partial charge in [0.05, 0.1) is 6.54 Å². The van der Waals surface area contributed by atoms with E-state index in [0.29, 0.717) is 0 Å².